The molecule has 1 aliphatic rings. The number of rotatable bonds is 3. The van der Waals surface area contributed by atoms with Gasteiger partial charge in [-0.25, -0.2) is 4.79 Å². The molecule has 0 aliphatic heterocycles. The summed E-state index contributed by atoms with van der Waals surface area (Å²) in [5.41, 5.74) is 5.71. The Balaban J connectivity index is 2.17. The molecule has 0 heterocycles. The molecule has 0 unspecified atom stereocenters. The highest BCUT2D eigenvalue weighted by molar-refractivity contribution is 5.69. The minimum atomic E-state index is -0.289. The van der Waals surface area contributed by atoms with Crippen LogP contribution in [0.2, 0.25) is 0 Å². The summed E-state index contributed by atoms with van der Waals surface area (Å²) >= 11 is 0. The Hall–Kier alpha value is -0.610. The highest BCUT2D eigenvalue weighted by Crippen LogP contribution is 2.22. The van der Waals surface area contributed by atoms with Crippen molar-refractivity contribution in [2.45, 2.75) is 65.0 Å². The Morgan fingerprint density at radius 1 is 1.25 bits per heavy atom. The van der Waals surface area contributed by atoms with Crippen LogP contribution in [0.1, 0.15) is 52.9 Å². The predicted molar refractivity (Wildman–Crippen MR) is 61.5 cm³/mol. The third-order valence-electron chi connectivity index (χ3n) is 2.67. The zero-order valence-corrected chi connectivity index (χ0v) is 10.5. The van der Waals surface area contributed by atoms with Crippen LogP contribution in [0.25, 0.3) is 0 Å². The fourth-order valence-electron chi connectivity index (χ4n) is 1.77. The Kier molecular flexibility index (Phi) is 4.74. The lowest BCUT2D eigenvalue weighted by molar-refractivity contribution is -0.303. The summed E-state index contributed by atoms with van der Waals surface area (Å²) < 4.78 is 0. The van der Waals surface area contributed by atoms with Gasteiger partial charge in [0.15, 0.2) is 0 Å². The molecule has 0 bridgehead atoms. The highest BCUT2D eigenvalue weighted by atomic mass is 17.2. The molecule has 0 radical (unpaired) electrons. The van der Waals surface area contributed by atoms with Gasteiger partial charge in [-0.15, -0.1) is 0 Å². The molecule has 2 N–H and O–H groups in total. The van der Waals surface area contributed by atoms with E-state index in [1.54, 1.807) is 0 Å². The van der Waals surface area contributed by atoms with Gasteiger partial charge >= 0.3 is 5.97 Å². The Bertz CT molecular complexity index is 227. The second-order valence-electron chi connectivity index (χ2n) is 5.83. The van der Waals surface area contributed by atoms with Gasteiger partial charge in [-0.2, -0.15) is 4.89 Å². The summed E-state index contributed by atoms with van der Waals surface area (Å²) in [7, 11) is 0. The summed E-state index contributed by atoms with van der Waals surface area (Å²) in [6, 6.07) is 0.283. The maximum atomic E-state index is 11.4. The topological polar surface area (TPSA) is 61.5 Å². The van der Waals surface area contributed by atoms with Gasteiger partial charge in [0.1, 0.15) is 6.10 Å². The second kappa shape index (κ2) is 5.64. The van der Waals surface area contributed by atoms with Crippen LogP contribution in [0, 0.1) is 5.41 Å². The minimum Gasteiger partial charge on any atom is -0.328 e. The SMILES string of the molecule is CC(C)(C)CC(=O)OO[C@H]1CC[C@H](N)CC1. The van der Waals surface area contributed by atoms with Crippen molar-refractivity contribution in [3.8, 4) is 0 Å². The van der Waals surface area contributed by atoms with Crippen molar-refractivity contribution in [3.05, 3.63) is 0 Å². The minimum absolute atomic E-state index is 0.0312. The van der Waals surface area contributed by atoms with E-state index in [9.17, 15) is 4.79 Å². The number of hydrogen-bond acceptors (Lipinski definition) is 4. The van der Waals surface area contributed by atoms with E-state index in [4.69, 9.17) is 15.5 Å². The molecule has 0 spiro atoms. The molecule has 0 aromatic carbocycles. The Morgan fingerprint density at radius 2 is 1.81 bits per heavy atom. The molecule has 0 aromatic heterocycles. The van der Waals surface area contributed by atoms with E-state index in [-0.39, 0.29) is 23.5 Å². The van der Waals surface area contributed by atoms with E-state index in [1.165, 1.54) is 0 Å². The van der Waals surface area contributed by atoms with Crippen molar-refractivity contribution in [1.82, 2.24) is 0 Å². The van der Waals surface area contributed by atoms with Crippen molar-refractivity contribution in [2.75, 3.05) is 0 Å². The van der Waals surface area contributed by atoms with Crippen molar-refractivity contribution < 1.29 is 14.6 Å². The van der Waals surface area contributed by atoms with Gasteiger partial charge in [0.2, 0.25) is 0 Å². The summed E-state index contributed by atoms with van der Waals surface area (Å²) in [5.74, 6) is -0.289. The predicted octanol–water partition coefficient (Wildman–Crippen LogP) is 2.17. The molecule has 1 fully saturated rings. The largest absolute Gasteiger partial charge is 0.342 e. The van der Waals surface area contributed by atoms with Crippen LogP contribution < -0.4 is 5.73 Å². The fourth-order valence-corrected chi connectivity index (χ4v) is 1.77. The van der Waals surface area contributed by atoms with Crippen molar-refractivity contribution in [2.24, 2.45) is 11.1 Å². The third-order valence-corrected chi connectivity index (χ3v) is 2.67. The molecular formula is C12H23NO3. The molecule has 0 amide bonds. The lowest BCUT2D eigenvalue weighted by Crippen LogP contribution is -2.31. The van der Waals surface area contributed by atoms with Gasteiger partial charge in [0.05, 0.1) is 6.42 Å². The number of carbonyl (C=O) groups excluding carboxylic acids is 1. The first kappa shape index (κ1) is 13.5. The lowest BCUT2D eigenvalue weighted by Gasteiger charge is -2.25. The van der Waals surface area contributed by atoms with Gasteiger partial charge in [0, 0.05) is 6.04 Å². The molecule has 1 saturated carbocycles. The quantitative estimate of drug-likeness (QED) is 0.595. The van der Waals surface area contributed by atoms with Crippen LogP contribution in [-0.4, -0.2) is 18.1 Å². The third kappa shape index (κ3) is 5.47. The first-order valence-corrected chi connectivity index (χ1v) is 5.98. The second-order valence-corrected chi connectivity index (χ2v) is 5.83. The van der Waals surface area contributed by atoms with E-state index in [0.29, 0.717) is 6.42 Å². The van der Waals surface area contributed by atoms with Crippen LogP contribution in [0.3, 0.4) is 0 Å². The van der Waals surface area contributed by atoms with Crippen molar-refractivity contribution >= 4 is 5.97 Å². The van der Waals surface area contributed by atoms with E-state index in [0.717, 1.165) is 25.7 Å². The van der Waals surface area contributed by atoms with Gasteiger partial charge in [-0.1, -0.05) is 20.8 Å². The van der Waals surface area contributed by atoms with Crippen LogP contribution in [0.4, 0.5) is 0 Å². The van der Waals surface area contributed by atoms with E-state index in [1.807, 2.05) is 20.8 Å². The summed E-state index contributed by atoms with van der Waals surface area (Å²) in [4.78, 5) is 21.3. The number of nitrogens with two attached hydrogens (primary N) is 1. The molecule has 0 saturated heterocycles. The maximum Gasteiger partial charge on any atom is 0.342 e. The average molecular weight is 229 g/mol. The van der Waals surface area contributed by atoms with Gasteiger partial charge in [-0.3, -0.25) is 4.89 Å². The van der Waals surface area contributed by atoms with Gasteiger partial charge in [0.25, 0.3) is 0 Å². The smallest absolute Gasteiger partial charge is 0.328 e. The molecular weight excluding hydrogens is 206 g/mol. The summed E-state index contributed by atoms with van der Waals surface area (Å²) in [5, 5.41) is 0. The zero-order valence-electron chi connectivity index (χ0n) is 10.5. The fraction of sp³-hybridized carbons (Fsp3) is 0.917. The zero-order chi connectivity index (χ0) is 12.2. The van der Waals surface area contributed by atoms with Crippen molar-refractivity contribution in [1.29, 1.82) is 0 Å². The standard InChI is InChI=1S/C12H23NO3/c1-12(2,3)8-11(14)16-15-10-6-4-9(13)5-7-10/h9-10H,4-8,13H2,1-3H3/t9-,10-. The van der Waals surface area contributed by atoms with Gasteiger partial charge in [-0.05, 0) is 31.1 Å². The number of hydrogen-bond donors (Lipinski definition) is 1. The van der Waals surface area contributed by atoms with Crippen molar-refractivity contribution in [3.63, 3.8) is 0 Å². The molecule has 1 aliphatic carbocycles. The van der Waals surface area contributed by atoms with Crippen LogP contribution in [0.15, 0.2) is 0 Å². The molecule has 4 heteroatoms. The Morgan fingerprint density at radius 3 is 2.31 bits per heavy atom. The molecule has 4 nitrogen and oxygen atoms in total. The average Bonchev–Trinajstić information content (AvgIpc) is 2.14. The van der Waals surface area contributed by atoms with E-state index in [2.05, 4.69) is 0 Å². The van der Waals surface area contributed by atoms with E-state index < -0.39 is 0 Å². The first-order chi connectivity index (χ1) is 7.37. The maximum absolute atomic E-state index is 11.4. The Labute approximate surface area is 97.4 Å². The molecule has 0 atom stereocenters. The summed E-state index contributed by atoms with van der Waals surface area (Å²) in [6.45, 7) is 5.98. The lowest BCUT2D eigenvalue weighted by atomic mass is 9.93. The molecule has 0 aromatic rings. The first-order valence-electron chi connectivity index (χ1n) is 5.98. The van der Waals surface area contributed by atoms with E-state index >= 15 is 0 Å². The monoisotopic (exact) mass is 229 g/mol. The highest BCUT2D eigenvalue weighted by Gasteiger charge is 2.23. The molecule has 16 heavy (non-hydrogen) atoms. The molecule has 1 rings (SSSR count). The van der Waals surface area contributed by atoms with Crippen LogP contribution >= 0.6 is 0 Å². The van der Waals surface area contributed by atoms with Gasteiger partial charge < -0.3 is 5.73 Å². The van der Waals surface area contributed by atoms with Crippen LogP contribution in [0.5, 0.6) is 0 Å². The van der Waals surface area contributed by atoms with Crippen LogP contribution in [-0.2, 0) is 14.6 Å². The summed E-state index contributed by atoms with van der Waals surface area (Å²) in [6.07, 6.45) is 4.06. The number of carbonyl (C=O) groups is 1. The molecule has 94 valence electrons. The normalized spacial score (nSPS) is 26.5.